The van der Waals surface area contributed by atoms with Crippen LogP contribution in [0.1, 0.15) is 29.3 Å². The Labute approximate surface area is 177 Å². The molecule has 144 valence electrons. The second-order valence-corrected chi connectivity index (χ2v) is 7.91. The number of hydrogen-bond donors (Lipinski definition) is 1. The Hall–Kier alpha value is -2.35. The van der Waals surface area contributed by atoms with E-state index in [2.05, 4.69) is 5.43 Å². The van der Waals surface area contributed by atoms with Gasteiger partial charge in [0.15, 0.2) is 4.32 Å². The highest BCUT2D eigenvalue weighted by Crippen LogP contribution is 2.33. The molecule has 2 amide bonds. The van der Waals surface area contributed by atoms with E-state index in [0.717, 1.165) is 28.8 Å². The van der Waals surface area contributed by atoms with Gasteiger partial charge in [-0.3, -0.25) is 15.0 Å². The lowest BCUT2D eigenvalue weighted by molar-refractivity contribution is -0.123. The first-order chi connectivity index (χ1) is 13.5. The van der Waals surface area contributed by atoms with Gasteiger partial charge < -0.3 is 4.74 Å². The highest BCUT2D eigenvalue weighted by molar-refractivity contribution is 8.26. The van der Waals surface area contributed by atoms with E-state index in [1.165, 1.54) is 0 Å². The molecular weight excluding hydrogens is 416 g/mol. The van der Waals surface area contributed by atoms with Gasteiger partial charge in [-0.1, -0.05) is 60.6 Å². The molecule has 3 rings (SSSR count). The molecular formula is C20H17ClN2O3S2. The third-order valence-corrected chi connectivity index (χ3v) is 5.42. The Morgan fingerprint density at radius 2 is 1.96 bits per heavy atom. The minimum absolute atomic E-state index is 0.239. The molecule has 0 bridgehead atoms. The maximum absolute atomic E-state index is 12.8. The van der Waals surface area contributed by atoms with E-state index >= 15 is 0 Å². The molecule has 0 aliphatic carbocycles. The van der Waals surface area contributed by atoms with Crippen molar-refractivity contribution < 1.29 is 14.3 Å². The van der Waals surface area contributed by atoms with Crippen molar-refractivity contribution in [3.8, 4) is 5.75 Å². The van der Waals surface area contributed by atoms with Crippen LogP contribution < -0.4 is 10.2 Å². The fraction of sp³-hybridized carbons (Fsp3) is 0.150. The number of carbonyl (C=O) groups excluding carboxylic acids is 2. The minimum atomic E-state index is -0.505. The number of rotatable bonds is 6. The number of hydrazine groups is 1. The first-order valence-electron chi connectivity index (χ1n) is 8.56. The molecule has 0 atom stereocenters. The van der Waals surface area contributed by atoms with Gasteiger partial charge in [-0.05, 0) is 42.9 Å². The van der Waals surface area contributed by atoms with E-state index in [1.54, 1.807) is 30.3 Å². The van der Waals surface area contributed by atoms with E-state index in [1.807, 2.05) is 31.2 Å². The Morgan fingerprint density at radius 3 is 2.71 bits per heavy atom. The van der Waals surface area contributed by atoms with Crippen LogP contribution in [0.2, 0.25) is 5.02 Å². The van der Waals surface area contributed by atoms with E-state index in [0.29, 0.717) is 22.3 Å². The lowest BCUT2D eigenvalue weighted by atomic mass is 10.2. The second-order valence-electron chi connectivity index (χ2n) is 5.82. The first-order valence-corrected chi connectivity index (χ1v) is 10.2. The van der Waals surface area contributed by atoms with Crippen molar-refractivity contribution in [3.05, 3.63) is 69.6 Å². The molecule has 1 N–H and O–H groups in total. The largest absolute Gasteiger partial charge is 0.493 e. The van der Waals surface area contributed by atoms with Crippen LogP contribution >= 0.6 is 35.6 Å². The van der Waals surface area contributed by atoms with Crippen LogP contribution in [0, 0.1) is 0 Å². The van der Waals surface area contributed by atoms with Crippen molar-refractivity contribution in [1.29, 1.82) is 0 Å². The van der Waals surface area contributed by atoms with Gasteiger partial charge in [0.05, 0.1) is 22.1 Å². The number of thioether (sulfide) groups is 1. The summed E-state index contributed by atoms with van der Waals surface area (Å²) in [6, 6.07) is 14.0. The molecule has 5 nitrogen and oxygen atoms in total. The second kappa shape index (κ2) is 9.23. The summed E-state index contributed by atoms with van der Waals surface area (Å²) < 4.78 is 5.96. The molecule has 1 fully saturated rings. The Kier molecular flexibility index (Phi) is 6.72. The van der Waals surface area contributed by atoms with Gasteiger partial charge in [-0.25, -0.2) is 0 Å². The van der Waals surface area contributed by atoms with Gasteiger partial charge in [0.2, 0.25) is 0 Å². The number of thiocarbonyl (C=S) groups is 1. The van der Waals surface area contributed by atoms with Crippen molar-refractivity contribution in [1.82, 2.24) is 10.4 Å². The molecule has 2 aromatic carbocycles. The van der Waals surface area contributed by atoms with Crippen LogP contribution in [0.15, 0.2) is 53.4 Å². The minimum Gasteiger partial charge on any atom is -0.493 e. The lowest BCUT2D eigenvalue weighted by Gasteiger charge is -2.16. The van der Waals surface area contributed by atoms with Gasteiger partial charge in [0.25, 0.3) is 11.8 Å². The summed E-state index contributed by atoms with van der Waals surface area (Å²) in [5, 5.41) is 1.36. The van der Waals surface area contributed by atoms with Gasteiger partial charge in [-0.15, -0.1) is 0 Å². The van der Waals surface area contributed by atoms with Crippen LogP contribution in [-0.4, -0.2) is 27.8 Å². The SMILES string of the molecule is CCCOc1ccccc1/C=C1/SC(=S)N(NC(=O)c2ccccc2Cl)C1=O. The van der Waals surface area contributed by atoms with Crippen molar-refractivity contribution in [2.75, 3.05) is 6.61 Å². The number of hydrogen-bond acceptors (Lipinski definition) is 5. The van der Waals surface area contributed by atoms with E-state index in [4.69, 9.17) is 28.6 Å². The third kappa shape index (κ3) is 4.55. The van der Waals surface area contributed by atoms with Crippen molar-refractivity contribution in [3.63, 3.8) is 0 Å². The molecule has 1 aliphatic heterocycles. The average Bonchev–Trinajstić information content (AvgIpc) is 2.95. The lowest BCUT2D eigenvalue weighted by Crippen LogP contribution is -2.44. The Balaban J connectivity index is 1.80. The van der Waals surface area contributed by atoms with Crippen LogP contribution in [0.25, 0.3) is 6.08 Å². The molecule has 1 heterocycles. The Bertz CT molecular complexity index is 962. The number of benzene rings is 2. The normalized spacial score (nSPS) is 15.2. The molecule has 0 saturated carbocycles. The molecule has 0 radical (unpaired) electrons. The standard InChI is InChI=1S/C20H17ClN2O3S2/c1-2-11-26-16-10-6-3-7-13(16)12-17-19(25)23(20(27)28-17)22-18(24)14-8-4-5-9-15(14)21/h3-10,12H,2,11H2,1H3,(H,22,24)/b17-12+. The zero-order valence-corrected chi connectivity index (χ0v) is 17.4. The molecule has 28 heavy (non-hydrogen) atoms. The number of nitrogens with zero attached hydrogens (tertiary/aromatic N) is 1. The van der Waals surface area contributed by atoms with Crippen molar-refractivity contribution in [2.45, 2.75) is 13.3 Å². The molecule has 2 aromatic rings. The summed E-state index contributed by atoms with van der Waals surface area (Å²) in [4.78, 5) is 25.6. The Morgan fingerprint density at radius 1 is 1.25 bits per heavy atom. The molecule has 0 unspecified atom stereocenters. The van der Waals surface area contributed by atoms with E-state index in [9.17, 15) is 9.59 Å². The maximum atomic E-state index is 12.8. The van der Waals surface area contributed by atoms with Gasteiger partial charge in [0.1, 0.15) is 5.75 Å². The molecule has 0 spiro atoms. The average molecular weight is 433 g/mol. The predicted molar refractivity (Wildman–Crippen MR) is 116 cm³/mol. The summed E-state index contributed by atoms with van der Waals surface area (Å²) in [6.45, 7) is 2.61. The number of amides is 2. The fourth-order valence-electron chi connectivity index (χ4n) is 2.46. The number of halogens is 1. The third-order valence-electron chi connectivity index (χ3n) is 3.79. The quantitative estimate of drug-likeness (QED) is 0.530. The number of ether oxygens (including phenoxy) is 1. The summed E-state index contributed by atoms with van der Waals surface area (Å²) in [5.74, 6) is -0.217. The molecule has 8 heteroatoms. The van der Waals surface area contributed by atoms with Crippen LogP contribution in [0.3, 0.4) is 0 Å². The molecule has 0 aromatic heterocycles. The summed E-state index contributed by atoms with van der Waals surface area (Å²) >= 11 is 12.4. The number of para-hydroxylation sites is 1. The smallest absolute Gasteiger partial charge is 0.285 e. The number of nitrogens with one attached hydrogen (secondary N) is 1. The molecule has 1 aliphatic rings. The van der Waals surface area contributed by atoms with Crippen molar-refractivity contribution in [2.24, 2.45) is 0 Å². The monoisotopic (exact) mass is 432 g/mol. The van der Waals surface area contributed by atoms with Crippen molar-refractivity contribution >= 4 is 57.8 Å². The number of carbonyl (C=O) groups is 2. The van der Waals surface area contributed by atoms with E-state index in [-0.39, 0.29) is 9.88 Å². The summed E-state index contributed by atoms with van der Waals surface area (Å²) in [7, 11) is 0. The topological polar surface area (TPSA) is 58.6 Å². The highest BCUT2D eigenvalue weighted by Gasteiger charge is 2.34. The summed E-state index contributed by atoms with van der Waals surface area (Å²) in [6.07, 6.45) is 2.59. The zero-order chi connectivity index (χ0) is 20.1. The zero-order valence-electron chi connectivity index (χ0n) is 15.0. The molecule has 1 saturated heterocycles. The first kappa shape index (κ1) is 20.4. The summed E-state index contributed by atoms with van der Waals surface area (Å²) in [5.41, 5.74) is 3.56. The van der Waals surface area contributed by atoms with Crippen LogP contribution in [0.4, 0.5) is 0 Å². The van der Waals surface area contributed by atoms with Gasteiger partial charge in [0, 0.05) is 5.56 Å². The van der Waals surface area contributed by atoms with Gasteiger partial charge in [-0.2, -0.15) is 5.01 Å². The van der Waals surface area contributed by atoms with Crippen LogP contribution in [0.5, 0.6) is 5.75 Å². The fourth-order valence-corrected chi connectivity index (χ4v) is 3.85. The predicted octanol–water partition coefficient (Wildman–Crippen LogP) is 4.68. The maximum Gasteiger partial charge on any atom is 0.285 e. The van der Waals surface area contributed by atoms with Crippen LogP contribution in [-0.2, 0) is 4.79 Å². The van der Waals surface area contributed by atoms with Gasteiger partial charge >= 0.3 is 0 Å². The highest BCUT2D eigenvalue weighted by atomic mass is 35.5. The van der Waals surface area contributed by atoms with E-state index < -0.39 is 11.8 Å².